The zero-order valence-corrected chi connectivity index (χ0v) is 14.2. The molecule has 1 heterocycles. The van der Waals surface area contributed by atoms with Gasteiger partial charge in [0.05, 0.1) is 5.75 Å². The van der Waals surface area contributed by atoms with Crippen LogP contribution in [0.25, 0.3) is 0 Å². The quantitative estimate of drug-likeness (QED) is 0.870. The number of nitrogens with two attached hydrogens (primary N) is 1. The minimum absolute atomic E-state index is 0.175. The summed E-state index contributed by atoms with van der Waals surface area (Å²) in [5, 5.41) is 0. The monoisotopic (exact) mass is 326 g/mol. The third-order valence-corrected chi connectivity index (χ3v) is 5.19. The molecular weight excluding hydrogens is 304 g/mol. The van der Waals surface area contributed by atoms with Gasteiger partial charge in [-0.1, -0.05) is 35.9 Å². The average Bonchev–Trinajstić information content (AvgIpc) is 2.56. The first-order valence-corrected chi connectivity index (χ1v) is 9.11. The van der Waals surface area contributed by atoms with E-state index in [1.165, 1.54) is 11.1 Å². The lowest BCUT2D eigenvalue weighted by Crippen LogP contribution is -2.37. The highest BCUT2D eigenvalue weighted by Gasteiger charge is 2.23. The molecule has 4 heteroatoms. The van der Waals surface area contributed by atoms with Crippen molar-refractivity contribution in [1.29, 1.82) is 0 Å². The van der Waals surface area contributed by atoms with Crippen molar-refractivity contribution < 1.29 is 4.79 Å². The SMILES string of the molecule is Cc1ccc(CSCC(=O)N2CCCc3c(N)cccc32)cc1. The van der Waals surface area contributed by atoms with Crippen LogP contribution in [-0.2, 0) is 17.0 Å². The average molecular weight is 326 g/mol. The second kappa shape index (κ2) is 7.09. The lowest BCUT2D eigenvalue weighted by atomic mass is 10.00. The molecule has 1 aliphatic heterocycles. The normalized spacial score (nSPS) is 13.7. The molecule has 0 radical (unpaired) electrons. The molecule has 0 unspecified atom stereocenters. The van der Waals surface area contributed by atoms with E-state index in [1.54, 1.807) is 11.8 Å². The summed E-state index contributed by atoms with van der Waals surface area (Å²) in [5.74, 6) is 1.54. The topological polar surface area (TPSA) is 46.3 Å². The molecular formula is C19H22N2OS. The van der Waals surface area contributed by atoms with Crippen LogP contribution in [0.1, 0.15) is 23.1 Å². The zero-order valence-electron chi connectivity index (χ0n) is 13.4. The number of carbonyl (C=O) groups excluding carboxylic acids is 1. The number of anilines is 2. The van der Waals surface area contributed by atoms with E-state index in [0.29, 0.717) is 5.75 Å². The Hall–Kier alpha value is -1.94. The van der Waals surface area contributed by atoms with Crippen LogP contribution >= 0.6 is 11.8 Å². The maximum absolute atomic E-state index is 12.6. The number of fused-ring (bicyclic) bond motifs is 1. The van der Waals surface area contributed by atoms with Crippen molar-refractivity contribution in [2.24, 2.45) is 0 Å². The van der Waals surface area contributed by atoms with Crippen LogP contribution in [-0.4, -0.2) is 18.2 Å². The van der Waals surface area contributed by atoms with Crippen molar-refractivity contribution in [3.8, 4) is 0 Å². The number of amides is 1. The summed E-state index contributed by atoms with van der Waals surface area (Å²) < 4.78 is 0. The smallest absolute Gasteiger partial charge is 0.236 e. The summed E-state index contributed by atoms with van der Waals surface area (Å²) in [6, 6.07) is 14.3. The maximum atomic E-state index is 12.6. The van der Waals surface area contributed by atoms with Gasteiger partial charge in [-0.05, 0) is 43.0 Å². The number of nitrogens with zero attached hydrogens (tertiary/aromatic N) is 1. The summed E-state index contributed by atoms with van der Waals surface area (Å²) in [6.45, 7) is 2.88. The highest BCUT2D eigenvalue weighted by molar-refractivity contribution is 7.99. The number of carbonyl (C=O) groups is 1. The highest BCUT2D eigenvalue weighted by Crippen LogP contribution is 2.31. The van der Waals surface area contributed by atoms with E-state index >= 15 is 0 Å². The Morgan fingerprint density at radius 3 is 2.78 bits per heavy atom. The van der Waals surface area contributed by atoms with Crippen LogP contribution in [0.2, 0.25) is 0 Å². The van der Waals surface area contributed by atoms with Gasteiger partial charge >= 0.3 is 0 Å². The lowest BCUT2D eigenvalue weighted by molar-refractivity contribution is -0.116. The molecule has 3 rings (SSSR count). The number of aryl methyl sites for hydroxylation is 1. The minimum atomic E-state index is 0.175. The van der Waals surface area contributed by atoms with Gasteiger partial charge in [0.25, 0.3) is 0 Å². The Bertz CT molecular complexity index is 697. The van der Waals surface area contributed by atoms with Crippen molar-refractivity contribution in [3.05, 3.63) is 59.2 Å². The molecule has 3 nitrogen and oxygen atoms in total. The molecule has 2 N–H and O–H groups in total. The van der Waals surface area contributed by atoms with Crippen LogP contribution in [0.15, 0.2) is 42.5 Å². The summed E-state index contributed by atoms with van der Waals surface area (Å²) in [5.41, 5.74) is 11.5. The maximum Gasteiger partial charge on any atom is 0.236 e. The molecule has 2 aromatic carbocycles. The first-order valence-electron chi connectivity index (χ1n) is 7.96. The summed E-state index contributed by atoms with van der Waals surface area (Å²) in [6.07, 6.45) is 1.94. The van der Waals surface area contributed by atoms with E-state index in [-0.39, 0.29) is 5.91 Å². The van der Waals surface area contributed by atoms with E-state index < -0.39 is 0 Å². The molecule has 23 heavy (non-hydrogen) atoms. The van der Waals surface area contributed by atoms with Gasteiger partial charge in [0.1, 0.15) is 0 Å². The number of benzene rings is 2. The molecule has 0 atom stereocenters. The van der Waals surface area contributed by atoms with Gasteiger partial charge in [0.2, 0.25) is 5.91 Å². The molecule has 0 fully saturated rings. The van der Waals surface area contributed by atoms with Gasteiger partial charge < -0.3 is 10.6 Å². The van der Waals surface area contributed by atoms with Gasteiger partial charge in [-0.15, -0.1) is 11.8 Å². The third-order valence-electron chi connectivity index (χ3n) is 4.20. The first kappa shape index (κ1) is 15.9. The second-order valence-electron chi connectivity index (χ2n) is 5.97. The first-order chi connectivity index (χ1) is 11.1. The summed E-state index contributed by atoms with van der Waals surface area (Å²) in [4.78, 5) is 14.5. The van der Waals surface area contributed by atoms with Crippen LogP contribution < -0.4 is 10.6 Å². The van der Waals surface area contributed by atoms with E-state index in [1.807, 2.05) is 23.1 Å². The van der Waals surface area contributed by atoms with E-state index in [0.717, 1.165) is 42.1 Å². The Balaban J connectivity index is 1.61. The summed E-state index contributed by atoms with van der Waals surface area (Å²) >= 11 is 1.67. The van der Waals surface area contributed by atoms with Gasteiger partial charge in [-0.3, -0.25) is 4.79 Å². The fourth-order valence-electron chi connectivity index (χ4n) is 2.93. The lowest BCUT2D eigenvalue weighted by Gasteiger charge is -2.30. The van der Waals surface area contributed by atoms with Crippen molar-refractivity contribution in [2.75, 3.05) is 22.9 Å². The van der Waals surface area contributed by atoms with Gasteiger partial charge in [-0.25, -0.2) is 0 Å². The van der Waals surface area contributed by atoms with Gasteiger partial charge in [0, 0.05) is 23.7 Å². The molecule has 0 saturated carbocycles. The van der Waals surface area contributed by atoms with Gasteiger partial charge in [0.15, 0.2) is 0 Å². The van der Waals surface area contributed by atoms with Crippen LogP contribution in [0, 0.1) is 6.92 Å². The predicted octanol–water partition coefficient (Wildman–Crippen LogP) is 3.79. The molecule has 0 saturated heterocycles. The van der Waals surface area contributed by atoms with Crippen molar-refractivity contribution >= 4 is 29.0 Å². The Kier molecular flexibility index (Phi) is 4.91. The minimum Gasteiger partial charge on any atom is -0.398 e. The standard InChI is InChI=1S/C19H22N2OS/c1-14-7-9-15(10-8-14)12-23-13-19(22)21-11-3-4-16-17(20)5-2-6-18(16)21/h2,5-10H,3-4,11-13,20H2,1H3. The number of rotatable bonds is 4. The summed E-state index contributed by atoms with van der Waals surface area (Å²) in [7, 11) is 0. The number of hydrogen-bond acceptors (Lipinski definition) is 3. The van der Waals surface area contributed by atoms with Crippen molar-refractivity contribution in [2.45, 2.75) is 25.5 Å². The van der Waals surface area contributed by atoms with Crippen LogP contribution in [0.5, 0.6) is 0 Å². The largest absolute Gasteiger partial charge is 0.398 e. The van der Waals surface area contributed by atoms with Crippen molar-refractivity contribution in [1.82, 2.24) is 0 Å². The van der Waals surface area contributed by atoms with Crippen LogP contribution in [0.3, 0.4) is 0 Å². The Morgan fingerprint density at radius 1 is 1.22 bits per heavy atom. The molecule has 2 aromatic rings. The van der Waals surface area contributed by atoms with Crippen LogP contribution in [0.4, 0.5) is 11.4 Å². The molecule has 1 aliphatic rings. The van der Waals surface area contributed by atoms with Gasteiger partial charge in [-0.2, -0.15) is 0 Å². The number of thioether (sulfide) groups is 1. The van der Waals surface area contributed by atoms with E-state index in [9.17, 15) is 4.79 Å². The Morgan fingerprint density at radius 2 is 2.00 bits per heavy atom. The fourth-order valence-corrected chi connectivity index (χ4v) is 3.79. The second-order valence-corrected chi connectivity index (χ2v) is 6.96. The molecule has 0 aromatic heterocycles. The molecule has 0 bridgehead atoms. The molecule has 1 amide bonds. The molecule has 0 spiro atoms. The predicted molar refractivity (Wildman–Crippen MR) is 98.9 cm³/mol. The third kappa shape index (κ3) is 3.70. The molecule has 0 aliphatic carbocycles. The zero-order chi connectivity index (χ0) is 16.2. The fraction of sp³-hybridized carbons (Fsp3) is 0.316. The number of hydrogen-bond donors (Lipinski definition) is 1. The Labute approximate surface area is 141 Å². The van der Waals surface area contributed by atoms with E-state index in [4.69, 9.17) is 5.73 Å². The molecule has 120 valence electrons. The highest BCUT2D eigenvalue weighted by atomic mass is 32.2. The van der Waals surface area contributed by atoms with Crippen molar-refractivity contribution in [3.63, 3.8) is 0 Å². The number of nitrogen functional groups attached to an aromatic ring is 1. The van der Waals surface area contributed by atoms with E-state index in [2.05, 4.69) is 31.2 Å².